The van der Waals surface area contributed by atoms with Gasteiger partial charge in [-0.25, -0.2) is 4.39 Å². The lowest BCUT2D eigenvalue weighted by Crippen LogP contribution is -2.30. The molecule has 0 aliphatic carbocycles. The molecular weight excluding hydrogens is 405 g/mol. The summed E-state index contributed by atoms with van der Waals surface area (Å²) in [4.78, 5) is 26.8. The van der Waals surface area contributed by atoms with E-state index in [-0.39, 0.29) is 30.3 Å². The molecule has 0 N–H and O–H groups in total. The minimum atomic E-state index is -0.387. The number of hydrogen-bond acceptors (Lipinski definition) is 3. The Balaban J connectivity index is 1.41. The van der Waals surface area contributed by atoms with Crippen LogP contribution < -0.4 is 0 Å². The molecule has 7 heteroatoms. The van der Waals surface area contributed by atoms with E-state index < -0.39 is 0 Å². The Morgan fingerprint density at radius 2 is 1.73 bits per heavy atom. The fourth-order valence-electron chi connectivity index (χ4n) is 3.60. The van der Waals surface area contributed by atoms with E-state index in [0.29, 0.717) is 23.7 Å². The van der Waals surface area contributed by atoms with E-state index in [2.05, 4.69) is 5.10 Å². The monoisotopic (exact) mass is 425 g/mol. The maximum absolute atomic E-state index is 13.0. The van der Waals surface area contributed by atoms with Gasteiger partial charge in [-0.15, -0.1) is 0 Å². The minimum absolute atomic E-state index is 0.0619. The quantitative estimate of drug-likeness (QED) is 0.555. The lowest BCUT2D eigenvalue weighted by molar-refractivity contribution is -0.131. The third kappa shape index (κ3) is 4.60. The van der Waals surface area contributed by atoms with Crippen LogP contribution in [-0.4, -0.2) is 32.9 Å². The topological polar surface area (TPSA) is 55.2 Å². The number of amides is 1. The van der Waals surface area contributed by atoms with Crippen molar-refractivity contribution in [1.82, 2.24) is 14.7 Å². The Bertz CT molecular complexity index is 1060. The molecule has 1 aliphatic rings. The van der Waals surface area contributed by atoms with Gasteiger partial charge < -0.3 is 4.90 Å². The van der Waals surface area contributed by atoms with Crippen molar-refractivity contribution < 1.29 is 14.0 Å². The number of Topliss-reactive ketones (excluding diaryl/α,β-unsaturated/α-hetero) is 1. The molecule has 2 aromatic carbocycles. The molecule has 0 atom stereocenters. The number of aryl methyl sites for hydroxylation is 1. The predicted octanol–water partition coefficient (Wildman–Crippen LogP) is 4.74. The van der Waals surface area contributed by atoms with E-state index in [1.807, 2.05) is 35.0 Å². The van der Waals surface area contributed by atoms with E-state index in [1.54, 1.807) is 4.90 Å². The first-order chi connectivity index (χ1) is 14.5. The molecule has 4 rings (SSSR count). The highest BCUT2D eigenvalue weighted by atomic mass is 35.5. The molecule has 1 aromatic heterocycles. The van der Waals surface area contributed by atoms with Crippen LogP contribution >= 0.6 is 11.6 Å². The maximum Gasteiger partial charge on any atom is 0.223 e. The molecule has 0 unspecified atom stereocenters. The Labute approximate surface area is 179 Å². The van der Waals surface area contributed by atoms with Crippen LogP contribution in [0.1, 0.15) is 35.3 Å². The molecule has 0 spiro atoms. The van der Waals surface area contributed by atoms with Crippen LogP contribution in [0.25, 0.3) is 11.3 Å². The van der Waals surface area contributed by atoms with E-state index >= 15 is 0 Å². The molecule has 5 nitrogen and oxygen atoms in total. The van der Waals surface area contributed by atoms with Crippen molar-refractivity contribution in [2.45, 2.75) is 32.4 Å². The number of carbonyl (C=O) groups excluding carboxylic acids is 2. The van der Waals surface area contributed by atoms with Gasteiger partial charge in [-0.05, 0) is 48.9 Å². The Morgan fingerprint density at radius 3 is 2.47 bits per heavy atom. The van der Waals surface area contributed by atoms with Crippen molar-refractivity contribution in [1.29, 1.82) is 0 Å². The summed E-state index contributed by atoms with van der Waals surface area (Å²) in [5.41, 5.74) is 3.21. The van der Waals surface area contributed by atoms with Gasteiger partial charge in [0.05, 0.1) is 17.9 Å². The summed E-state index contributed by atoms with van der Waals surface area (Å²) in [5, 5.41) is 5.35. The second kappa shape index (κ2) is 8.79. The smallest absolute Gasteiger partial charge is 0.223 e. The zero-order valence-electron chi connectivity index (χ0n) is 16.4. The van der Waals surface area contributed by atoms with Crippen LogP contribution in [0.2, 0.25) is 5.02 Å². The molecule has 0 radical (unpaired) electrons. The summed E-state index contributed by atoms with van der Waals surface area (Å²) in [7, 11) is 0. The van der Waals surface area contributed by atoms with Gasteiger partial charge in [0, 0.05) is 42.1 Å². The van der Waals surface area contributed by atoms with Gasteiger partial charge in [-0.2, -0.15) is 5.10 Å². The lowest BCUT2D eigenvalue weighted by Gasteiger charge is -2.19. The van der Waals surface area contributed by atoms with Crippen molar-refractivity contribution >= 4 is 23.3 Å². The number of carbonyl (C=O) groups is 2. The van der Waals surface area contributed by atoms with E-state index in [0.717, 1.165) is 29.9 Å². The van der Waals surface area contributed by atoms with Crippen LogP contribution in [0.4, 0.5) is 4.39 Å². The highest BCUT2D eigenvalue weighted by Crippen LogP contribution is 2.24. The predicted molar refractivity (Wildman–Crippen MR) is 113 cm³/mol. The molecule has 3 aromatic rings. The average Bonchev–Trinajstić information content (AvgIpc) is 3.04. The SMILES string of the molecule is O=C(CCC(=O)N1CCCn2nc(-c3ccc(Cl)cc3)cc2C1)c1ccc(F)cc1. The molecule has 2 heterocycles. The Kier molecular flexibility index (Phi) is 5.95. The lowest BCUT2D eigenvalue weighted by atomic mass is 10.1. The number of hydrogen-bond donors (Lipinski definition) is 0. The van der Waals surface area contributed by atoms with Gasteiger partial charge in [0.15, 0.2) is 5.78 Å². The van der Waals surface area contributed by atoms with Crippen LogP contribution in [0.5, 0.6) is 0 Å². The zero-order chi connectivity index (χ0) is 21.1. The normalized spacial score (nSPS) is 13.6. The van der Waals surface area contributed by atoms with E-state index in [1.165, 1.54) is 24.3 Å². The molecule has 0 fully saturated rings. The molecule has 1 aliphatic heterocycles. The first-order valence-electron chi connectivity index (χ1n) is 9.89. The number of fused-ring (bicyclic) bond motifs is 1. The van der Waals surface area contributed by atoms with E-state index in [4.69, 9.17) is 11.6 Å². The second-order valence-electron chi connectivity index (χ2n) is 7.35. The van der Waals surface area contributed by atoms with Gasteiger partial charge in [-0.3, -0.25) is 14.3 Å². The fraction of sp³-hybridized carbons (Fsp3) is 0.261. The van der Waals surface area contributed by atoms with Crippen molar-refractivity contribution in [3.05, 3.63) is 76.7 Å². The second-order valence-corrected chi connectivity index (χ2v) is 7.79. The molecule has 0 saturated carbocycles. The van der Waals surface area contributed by atoms with Crippen molar-refractivity contribution in [2.24, 2.45) is 0 Å². The van der Waals surface area contributed by atoms with Gasteiger partial charge in [-0.1, -0.05) is 23.7 Å². The Morgan fingerprint density at radius 1 is 1.00 bits per heavy atom. The van der Waals surface area contributed by atoms with Crippen molar-refractivity contribution in [3.63, 3.8) is 0 Å². The number of benzene rings is 2. The molecule has 0 saturated heterocycles. The van der Waals surface area contributed by atoms with Crippen LogP contribution in [-0.2, 0) is 17.9 Å². The molecule has 0 bridgehead atoms. The van der Waals surface area contributed by atoms with Crippen LogP contribution in [0, 0.1) is 5.82 Å². The highest BCUT2D eigenvalue weighted by molar-refractivity contribution is 6.30. The summed E-state index contributed by atoms with van der Waals surface area (Å²) < 4.78 is 15.0. The van der Waals surface area contributed by atoms with Crippen molar-refractivity contribution in [2.75, 3.05) is 6.54 Å². The van der Waals surface area contributed by atoms with Gasteiger partial charge in [0.2, 0.25) is 5.91 Å². The van der Waals surface area contributed by atoms with Crippen molar-refractivity contribution in [3.8, 4) is 11.3 Å². The van der Waals surface area contributed by atoms with E-state index in [9.17, 15) is 14.0 Å². The minimum Gasteiger partial charge on any atom is -0.337 e. The first kappa shape index (κ1) is 20.3. The van der Waals surface area contributed by atoms with Crippen LogP contribution in [0.15, 0.2) is 54.6 Å². The van der Waals surface area contributed by atoms with Gasteiger partial charge in [0.25, 0.3) is 0 Å². The van der Waals surface area contributed by atoms with Gasteiger partial charge >= 0.3 is 0 Å². The summed E-state index contributed by atoms with van der Waals surface area (Å²) in [6.07, 6.45) is 1.04. The number of aromatic nitrogens is 2. The Hall–Kier alpha value is -2.99. The summed E-state index contributed by atoms with van der Waals surface area (Å²) in [6, 6.07) is 14.9. The standard InChI is InChI=1S/C23H21ClFN3O2/c24-18-6-2-16(3-7-18)21-14-20-15-27(12-1-13-28(20)26-21)23(30)11-10-22(29)17-4-8-19(25)9-5-17/h2-9,14H,1,10-13,15H2. The summed E-state index contributed by atoms with van der Waals surface area (Å²) in [6.45, 7) is 1.83. The number of halogens is 2. The number of ketones is 1. The average molecular weight is 426 g/mol. The summed E-state index contributed by atoms with van der Waals surface area (Å²) in [5.74, 6) is -0.608. The van der Waals surface area contributed by atoms with Gasteiger partial charge in [0.1, 0.15) is 5.82 Å². The number of nitrogens with zero attached hydrogens (tertiary/aromatic N) is 3. The molecular formula is C23H21ClFN3O2. The summed E-state index contributed by atoms with van der Waals surface area (Å²) >= 11 is 5.96. The highest BCUT2D eigenvalue weighted by Gasteiger charge is 2.21. The first-order valence-corrected chi connectivity index (χ1v) is 10.3. The number of rotatable bonds is 5. The third-order valence-corrected chi connectivity index (χ3v) is 5.49. The third-order valence-electron chi connectivity index (χ3n) is 5.24. The van der Waals surface area contributed by atoms with Crippen LogP contribution in [0.3, 0.4) is 0 Å². The fourth-order valence-corrected chi connectivity index (χ4v) is 3.72. The maximum atomic E-state index is 13.0. The molecule has 30 heavy (non-hydrogen) atoms. The molecule has 1 amide bonds. The largest absolute Gasteiger partial charge is 0.337 e. The molecule has 154 valence electrons. The zero-order valence-corrected chi connectivity index (χ0v) is 17.1.